The lowest BCUT2D eigenvalue weighted by atomic mass is 10.4. The van der Waals surface area contributed by atoms with E-state index in [1.807, 2.05) is 6.08 Å². The summed E-state index contributed by atoms with van der Waals surface area (Å²) in [5, 5.41) is 0. The average molecular weight is 76.1 g/mol. The minimum absolute atomic E-state index is 0.912. The molecule has 0 amide bonds. The molecular formula is C6H4. The molecule has 0 aromatic carbocycles. The standard InChI is InChI=1S/C6H4/c1-6-4-2-3-5-6/h2,4H,1H2. The quantitative estimate of drug-likeness (QED) is 0.379. The van der Waals surface area contributed by atoms with E-state index in [4.69, 9.17) is 0 Å². The highest BCUT2D eigenvalue weighted by molar-refractivity contribution is 5.46. The van der Waals surface area contributed by atoms with Crippen LogP contribution in [0.2, 0.25) is 0 Å². The largest absolute Gasteiger partial charge is 0.0832 e. The minimum atomic E-state index is 0.912. The first-order chi connectivity index (χ1) is 2.89. The summed E-state index contributed by atoms with van der Waals surface area (Å²) in [5.74, 6) is 5.51. The zero-order valence-corrected chi connectivity index (χ0v) is 3.36. The van der Waals surface area contributed by atoms with Crippen LogP contribution in [-0.4, -0.2) is 0 Å². The molecule has 0 radical (unpaired) electrons. The highest BCUT2D eigenvalue weighted by Gasteiger charge is 1.79. The van der Waals surface area contributed by atoms with Crippen LogP contribution < -0.4 is 0 Å². The Bertz CT molecular complexity index is 151. The molecule has 0 aromatic rings. The molecule has 0 atom stereocenters. The molecular weight excluding hydrogens is 72.1 g/mol. The Morgan fingerprint density at radius 3 is 2.67 bits per heavy atom. The van der Waals surface area contributed by atoms with E-state index in [1.165, 1.54) is 0 Å². The summed E-state index contributed by atoms with van der Waals surface area (Å²) in [7, 11) is 0. The van der Waals surface area contributed by atoms with Crippen molar-refractivity contribution in [1.82, 2.24) is 0 Å². The fourth-order valence-electron chi connectivity index (χ4n) is 0.318. The highest BCUT2D eigenvalue weighted by atomic mass is 13.8. The SMILES string of the molecule is C=C1C#CC=C1. The molecule has 0 N–H and O–H groups in total. The van der Waals surface area contributed by atoms with Crippen molar-refractivity contribution in [2.24, 2.45) is 0 Å². The van der Waals surface area contributed by atoms with Crippen LogP contribution in [0.1, 0.15) is 0 Å². The Labute approximate surface area is 37.2 Å². The van der Waals surface area contributed by atoms with Gasteiger partial charge in [-0.15, -0.1) is 0 Å². The molecule has 28 valence electrons. The van der Waals surface area contributed by atoms with E-state index in [-0.39, 0.29) is 0 Å². The maximum Gasteiger partial charge on any atom is 0.0183 e. The van der Waals surface area contributed by atoms with Crippen molar-refractivity contribution in [2.75, 3.05) is 0 Å². The number of rotatable bonds is 0. The third-order valence-electron chi connectivity index (χ3n) is 0.601. The first-order valence-electron chi connectivity index (χ1n) is 1.76. The summed E-state index contributed by atoms with van der Waals surface area (Å²) >= 11 is 0. The molecule has 0 fully saturated rings. The molecule has 0 unspecified atom stereocenters. The normalized spacial score (nSPS) is 14.3. The zero-order valence-electron chi connectivity index (χ0n) is 3.36. The van der Waals surface area contributed by atoms with Crippen LogP contribution in [0.3, 0.4) is 0 Å². The maximum atomic E-state index is 3.59. The van der Waals surface area contributed by atoms with E-state index in [2.05, 4.69) is 18.4 Å². The van der Waals surface area contributed by atoms with Crippen molar-refractivity contribution in [3.05, 3.63) is 24.3 Å². The predicted molar refractivity (Wildman–Crippen MR) is 26.1 cm³/mol. The van der Waals surface area contributed by atoms with Crippen molar-refractivity contribution in [1.29, 1.82) is 0 Å². The van der Waals surface area contributed by atoms with Gasteiger partial charge in [0.15, 0.2) is 0 Å². The smallest absolute Gasteiger partial charge is 0.0183 e. The molecule has 0 nitrogen and oxygen atoms in total. The average Bonchev–Trinajstić information content (AvgIpc) is 1.86. The summed E-state index contributed by atoms with van der Waals surface area (Å²) in [6.45, 7) is 3.59. The zero-order chi connectivity index (χ0) is 4.41. The first-order valence-corrected chi connectivity index (χ1v) is 1.76. The van der Waals surface area contributed by atoms with Gasteiger partial charge in [0, 0.05) is 5.57 Å². The fourth-order valence-corrected chi connectivity index (χ4v) is 0.318. The Balaban J connectivity index is 2.99. The van der Waals surface area contributed by atoms with Crippen LogP contribution in [-0.2, 0) is 0 Å². The minimum Gasteiger partial charge on any atom is -0.0832 e. The van der Waals surface area contributed by atoms with E-state index in [9.17, 15) is 0 Å². The van der Waals surface area contributed by atoms with Gasteiger partial charge in [-0.05, 0) is 12.2 Å². The third-order valence-corrected chi connectivity index (χ3v) is 0.601. The van der Waals surface area contributed by atoms with E-state index in [0.29, 0.717) is 0 Å². The van der Waals surface area contributed by atoms with E-state index in [1.54, 1.807) is 6.08 Å². The molecule has 1 aliphatic rings. The summed E-state index contributed by atoms with van der Waals surface area (Å²) in [6, 6.07) is 0. The van der Waals surface area contributed by atoms with Crippen LogP contribution in [0.15, 0.2) is 24.3 Å². The van der Waals surface area contributed by atoms with Crippen molar-refractivity contribution in [3.8, 4) is 11.8 Å². The topological polar surface area (TPSA) is 0 Å². The second-order valence-electron chi connectivity index (χ2n) is 1.13. The summed E-state index contributed by atoms with van der Waals surface area (Å²) < 4.78 is 0. The van der Waals surface area contributed by atoms with Crippen molar-refractivity contribution < 1.29 is 0 Å². The van der Waals surface area contributed by atoms with Crippen molar-refractivity contribution in [2.45, 2.75) is 0 Å². The van der Waals surface area contributed by atoms with Crippen LogP contribution in [0, 0.1) is 11.8 Å². The van der Waals surface area contributed by atoms with Crippen LogP contribution in [0.25, 0.3) is 0 Å². The Morgan fingerprint density at radius 2 is 2.50 bits per heavy atom. The molecule has 0 bridgehead atoms. The molecule has 0 aliphatic heterocycles. The molecule has 0 aromatic heterocycles. The van der Waals surface area contributed by atoms with Gasteiger partial charge >= 0.3 is 0 Å². The van der Waals surface area contributed by atoms with Gasteiger partial charge in [-0.3, -0.25) is 0 Å². The lowest BCUT2D eigenvalue weighted by Crippen LogP contribution is -1.53. The van der Waals surface area contributed by atoms with Crippen molar-refractivity contribution >= 4 is 0 Å². The van der Waals surface area contributed by atoms with Gasteiger partial charge < -0.3 is 0 Å². The number of hydrogen-bond donors (Lipinski definition) is 0. The predicted octanol–water partition coefficient (Wildman–Crippen LogP) is 1.12. The lowest BCUT2D eigenvalue weighted by molar-refractivity contribution is 1.91. The number of allylic oxidation sites excluding steroid dienone is 3. The summed E-state index contributed by atoms with van der Waals surface area (Å²) in [6.07, 6.45) is 3.66. The van der Waals surface area contributed by atoms with Crippen molar-refractivity contribution in [3.63, 3.8) is 0 Å². The highest BCUT2D eigenvalue weighted by Crippen LogP contribution is 1.93. The number of hydrogen-bond acceptors (Lipinski definition) is 0. The molecule has 0 saturated heterocycles. The summed E-state index contributed by atoms with van der Waals surface area (Å²) in [5.41, 5.74) is 0.912. The molecule has 1 aliphatic carbocycles. The monoisotopic (exact) mass is 76.0 g/mol. The molecule has 0 spiro atoms. The molecule has 0 heterocycles. The van der Waals surface area contributed by atoms with Gasteiger partial charge in [-0.1, -0.05) is 18.4 Å². The molecule has 0 heteroatoms. The lowest BCUT2D eigenvalue weighted by Gasteiger charge is -1.67. The van der Waals surface area contributed by atoms with Gasteiger partial charge in [0.1, 0.15) is 0 Å². The molecule has 0 saturated carbocycles. The van der Waals surface area contributed by atoms with Crippen LogP contribution in [0.5, 0.6) is 0 Å². The van der Waals surface area contributed by atoms with E-state index in [0.717, 1.165) is 5.57 Å². The second kappa shape index (κ2) is 1.02. The van der Waals surface area contributed by atoms with Gasteiger partial charge in [0.25, 0.3) is 0 Å². The van der Waals surface area contributed by atoms with Gasteiger partial charge in [0.05, 0.1) is 0 Å². The fraction of sp³-hybridized carbons (Fsp3) is 0. The van der Waals surface area contributed by atoms with E-state index >= 15 is 0 Å². The van der Waals surface area contributed by atoms with Gasteiger partial charge in [-0.25, -0.2) is 0 Å². The molecule has 1 rings (SSSR count). The summed E-state index contributed by atoms with van der Waals surface area (Å²) in [4.78, 5) is 0. The van der Waals surface area contributed by atoms with E-state index < -0.39 is 0 Å². The Hall–Kier alpha value is -0.960. The van der Waals surface area contributed by atoms with Gasteiger partial charge in [0.2, 0.25) is 0 Å². The Morgan fingerprint density at radius 1 is 1.67 bits per heavy atom. The van der Waals surface area contributed by atoms with Crippen LogP contribution >= 0.6 is 0 Å². The maximum absolute atomic E-state index is 3.59. The van der Waals surface area contributed by atoms with Crippen LogP contribution in [0.4, 0.5) is 0 Å². The first kappa shape index (κ1) is 3.24. The third kappa shape index (κ3) is 0.347. The second-order valence-corrected chi connectivity index (χ2v) is 1.13. The molecule has 6 heavy (non-hydrogen) atoms. The Kier molecular flexibility index (Phi) is 0.552. The van der Waals surface area contributed by atoms with Gasteiger partial charge in [-0.2, -0.15) is 0 Å².